The van der Waals surface area contributed by atoms with Gasteiger partial charge in [0.1, 0.15) is 11.6 Å². The molecule has 1 aromatic carbocycles. The molecule has 7 heteroatoms. The summed E-state index contributed by atoms with van der Waals surface area (Å²) in [5.74, 6) is -2.02. The van der Waals surface area contributed by atoms with Gasteiger partial charge in [0.15, 0.2) is 0 Å². The zero-order valence-corrected chi connectivity index (χ0v) is 18.8. The topological polar surface area (TPSA) is 84.2 Å². The number of hydrogen-bond acceptors (Lipinski definition) is 3. The van der Waals surface area contributed by atoms with Crippen molar-refractivity contribution in [2.45, 2.75) is 76.8 Å². The van der Waals surface area contributed by atoms with Crippen molar-refractivity contribution < 1.29 is 18.4 Å². The van der Waals surface area contributed by atoms with Gasteiger partial charge in [0.2, 0.25) is 11.8 Å². The van der Waals surface area contributed by atoms with Crippen LogP contribution < -0.4 is 16.4 Å². The van der Waals surface area contributed by atoms with Gasteiger partial charge < -0.3 is 16.4 Å². The summed E-state index contributed by atoms with van der Waals surface area (Å²) in [7, 11) is 0. The van der Waals surface area contributed by atoms with Crippen molar-refractivity contribution in [3.8, 4) is 0 Å². The van der Waals surface area contributed by atoms with Crippen LogP contribution in [0, 0.1) is 23.0 Å². The standard InChI is InChI=1S/C25H35F2N3O2/c1-2-6-18(23(24(28)32)30-21-16-25(21)10-4-3-5-11-25)9-12-29-22(31)8-7-17-13-19(26)15-20(27)14-17/h7-8,13-15,18,21,23,30H,2-6,9-12,16H2,1H3,(H2,28,32)(H,29,31)/b8-7+. The van der Waals surface area contributed by atoms with Crippen LogP contribution in [0.3, 0.4) is 0 Å². The first-order valence-corrected chi connectivity index (χ1v) is 11.8. The van der Waals surface area contributed by atoms with Crippen LogP contribution >= 0.6 is 0 Å². The number of benzene rings is 1. The van der Waals surface area contributed by atoms with Crippen molar-refractivity contribution in [3.05, 3.63) is 41.5 Å². The zero-order chi connectivity index (χ0) is 23.1. The summed E-state index contributed by atoms with van der Waals surface area (Å²) in [5.41, 5.74) is 6.41. The van der Waals surface area contributed by atoms with Gasteiger partial charge in [-0.1, -0.05) is 32.6 Å². The van der Waals surface area contributed by atoms with Crippen LogP contribution in [-0.4, -0.2) is 30.4 Å². The quantitative estimate of drug-likeness (QED) is 0.447. The molecule has 0 saturated heterocycles. The fourth-order valence-electron chi connectivity index (χ4n) is 5.19. The van der Waals surface area contributed by atoms with Gasteiger partial charge in [-0.15, -0.1) is 0 Å². The van der Waals surface area contributed by atoms with Crippen LogP contribution in [0.1, 0.15) is 70.3 Å². The molecule has 3 rings (SSSR count). The first-order valence-electron chi connectivity index (χ1n) is 11.8. The van der Waals surface area contributed by atoms with E-state index in [0.29, 0.717) is 24.4 Å². The summed E-state index contributed by atoms with van der Waals surface area (Å²) in [6.07, 6.45) is 12.4. The molecule has 1 aromatic rings. The monoisotopic (exact) mass is 447 g/mol. The Hall–Kier alpha value is -2.28. The number of hydrogen-bond donors (Lipinski definition) is 3. The smallest absolute Gasteiger partial charge is 0.243 e. The average Bonchev–Trinajstić information content (AvgIpc) is 3.40. The largest absolute Gasteiger partial charge is 0.368 e. The lowest BCUT2D eigenvalue weighted by Gasteiger charge is -2.28. The van der Waals surface area contributed by atoms with E-state index in [9.17, 15) is 18.4 Å². The third-order valence-electron chi connectivity index (χ3n) is 6.98. The predicted molar refractivity (Wildman–Crippen MR) is 121 cm³/mol. The normalized spacial score (nSPS) is 21.4. The van der Waals surface area contributed by atoms with Crippen molar-refractivity contribution in [2.24, 2.45) is 17.1 Å². The van der Waals surface area contributed by atoms with Crippen LogP contribution in [-0.2, 0) is 9.59 Å². The summed E-state index contributed by atoms with van der Waals surface area (Å²) in [6, 6.07) is 3.06. The molecular formula is C25H35F2N3O2. The molecule has 3 atom stereocenters. The second kappa shape index (κ2) is 11.0. The number of nitrogens with two attached hydrogens (primary N) is 1. The highest BCUT2D eigenvalue weighted by Crippen LogP contribution is 2.56. The van der Waals surface area contributed by atoms with Crippen LogP contribution in [0.4, 0.5) is 8.78 Å². The summed E-state index contributed by atoms with van der Waals surface area (Å²) in [4.78, 5) is 24.4. The Kier molecular flexibility index (Phi) is 8.40. The SMILES string of the molecule is CCCC(CCNC(=O)/C=C/c1cc(F)cc(F)c1)C(NC1CC12CCCCC2)C(N)=O. The van der Waals surface area contributed by atoms with E-state index in [2.05, 4.69) is 17.6 Å². The summed E-state index contributed by atoms with van der Waals surface area (Å²) >= 11 is 0. The van der Waals surface area contributed by atoms with Crippen molar-refractivity contribution in [1.82, 2.24) is 10.6 Å². The maximum absolute atomic E-state index is 13.3. The van der Waals surface area contributed by atoms with E-state index in [4.69, 9.17) is 5.73 Å². The minimum atomic E-state index is -0.692. The van der Waals surface area contributed by atoms with E-state index in [-0.39, 0.29) is 23.3 Å². The molecule has 2 saturated carbocycles. The summed E-state index contributed by atoms with van der Waals surface area (Å²) in [6.45, 7) is 2.47. The molecule has 0 aromatic heterocycles. The zero-order valence-electron chi connectivity index (χ0n) is 18.8. The molecule has 5 nitrogen and oxygen atoms in total. The van der Waals surface area contributed by atoms with E-state index in [1.165, 1.54) is 44.3 Å². The van der Waals surface area contributed by atoms with Gasteiger partial charge in [-0.05, 0) is 67.2 Å². The van der Waals surface area contributed by atoms with Crippen molar-refractivity contribution in [3.63, 3.8) is 0 Å². The number of primary amides is 1. The Labute approximate surface area is 189 Å². The lowest BCUT2D eigenvalue weighted by molar-refractivity contribution is -0.121. The van der Waals surface area contributed by atoms with E-state index in [0.717, 1.165) is 37.5 Å². The average molecular weight is 448 g/mol. The first kappa shape index (κ1) is 24.4. The van der Waals surface area contributed by atoms with Crippen LogP contribution in [0.25, 0.3) is 6.08 Å². The van der Waals surface area contributed by atoms with Gasteiger partial charge in [-0.2, -0.15) is 0 Å². The Morgan fingerprint density at radius 1 is 1.16 bits per heavy atom. The molecule has 176 valence electrons. The van der Waals surface area contributed by atoms with Crippen molar-refractivity contribution >= 4 is 17.9 Å². The minimum Gasteiger partial charge on any atom is -0.368 e. The number of carbonyl (C=O) groups is 2. The molecule has 2 aliphatic rings. The van der Waals surface area contributed by atoms with Crippen molar-refractivity contribution in [1.29, 1.82) is 0 Å². The molecule has 0 radical (unpaired) electrons. The molecule has 2 aliphatic carbocycles. The minimum absolute atomic E-state index is 0.0420. The van der Waals surface area contributed by atoms with Crippen LogP contribution in [0.2, 0.25) is 0 Å². The van der Waals surface area contributed by atoms with Gasteiger partial charge in [-0.3, -0.25) is 9.59 Å². The Morgan fingerprint density at radius 3 is 2.47 bits per heavy atom. The lowest BCUT2D eigenvalue weighted by Crippen LogP contribution is -2.49. The molecule has 4 N–H and O–H groups in total. The highest BCUT2D eigenvalue weighted by atomic mass is 19.1. The Balaban J connectivity index is 1.51. The van der Waals surface area contributed by atoms with Gasteiger partial charge in [0, 0.05) is 24.7 Å². The molecule has 32 heavy (non-hydrogen) atoms. The second-order valence-corrected chi connectivity index (χ2v) is 9.39. The Bertz CT molecular complexity index is 816. The predicted octanol–water partition coefficient (Wildman–Crippen LogP) is 4.07. The van der Waals surface area contributed by atoms with Crippen LogP contribution in [0.15, 0.2) is 24.3 Å². The van der Waals surface area contributed by atoms with E-state index in [1.54, 1.807) is 0 Å². The molecular weight excluding hydrogens is 412 g/mol. The third-order valence-corrected chi connectivity index (χ3v) is 6.98. The number of halogens is 2. The maximum atomic E-state index is 13.3. The first-order chi connectivity index (χ1) is 15.3. The highest BCUT2D eigenvalue weighted by molar-refractivity contribution is 5.91. The van der Waals surface area contributed by atoms with Gasteiger partial charge in [0.05, 0.1) is 6.04 Å². The van der Waals surface area contributed by atoms with Gasteiger partial charge in [0.25, 0.3) is 0 Å². The number of rotatable bonds is 11. The molecule has 0 heterocycles. The maximum Gasteiger partial charge on any atom is 0.243 e. The molecule has 2 amide bonds. The fourth-order valence-corrected chi connectivity index (χ4v) is 5.19. The van der Waals surface area contributed by atoms with Crippen molar-refractivity contribution in [2.75, 3.05) is 6.54 Å². The highest BCUT2D eigenvalue weighted by Gasteiger charge is 2.54. The summed E-state index contributed by atoms with van der Waals surface area (Å²) < 4.78 is 26.5. The molecule has 0 bridgehead atoms. The number of nitrogens with one attached hydrogen (secondary N) is 2. The third kappa shape index (κ3) is 6.61. The molecule has 3 unspecified atom stereocenters. The molecule has 0 aliphatic heterocycles. The second-order valence-electron chi connectivity index (χ2n) is 9.39. The van der Waals surface area contributed by atoms with Gasteiger partial charge in [-0.25, -0.2) is 8.78 Å². The van der Waals surface area contributed by atoms with Gasteiger partial charge >= 0.3 is 0 Å². The summed E-state index contributed by atoms with van der Waals surface area (Å²) in [5, 5.41) is 6.36. The molecule has 2 fully saturated rings. The number of amides is 2. The fraction of sp³-hybridized carbons (Fsp3) is 0.600. The van der Waals surface area contributed by atoms with E-state index < -0.39 is 17.7 Å². The number of carbonyl (C=O) groups excluding carboxylic acids is 2. The Morgan fingerprint density at radius 2 is 1.84 bits per heavy atom. The molecule has 1 spiro atoms. The lowest BCUT2D eigenvalue weighted by atomic mass is 9.85. The van der Waals surface area contributed by atoms with E-state index in [1.807, 2.05) is 0 Å². The van der Waals surface area contributed by atoms with Crippen LogP contribution in [0.5, 0.6) is 0 Å². The van der Waals surface area contributed by atoms with E-state index >= 15 is 0 Å².